The van der Waals surface area contributed by atoms with E-state index in [1.807, 2.05) is 24.3 Å². The number of benzene rings is 2. The molecule has 1 atom stereocenters. The Morgan fingerprint density at radius 1 is 1.05 bits per heavy atom. The molecule has 0 bridgehead atoms. The molecule has 0 amide bonds. The van der Waals surface area contributed by atoms with E-state index in [1.54, 1.807) is 12.1 Å². The average molecular weight is 371 g/mol. The van der Waals surface area contributed by atoms with Crippen LogP contribution >= 0.6 is 28.6 Å². The molecule has 0 saturated carbocycles. The van der Waals surface area contributed by atoms with Crippen molar-refractivity contribution in [2.24, 2.45) is 0 Å². The van der Waals surface area contributed by atoms with Crippen molar-refractivity contribution >= 4 is 28.6 Å². The quantitative estimate of drug-likeness (QED) is 0.672. The van der Waals surface area contributed by atoms with Crippen LogP contribution in [0.25, 0.3) is 0 Å². The summed E-state index contributed by atoms with van der Waals surface area (Å²) in [7, 11) is 0. The maximum atomic E-state index is 9.80. The number of hydrogen-bond donors (Lipinski definition) is 3. The topological polar surface area (TPSA) is 52.5 Å². The molecule has 2 aromatic rings. The van der Waals surface area contributed by atoms with E-state index in [9.17, 15) is 10.2 Å². The zero-order valence-corrected chi connectivity index (χ0v) is 13.8. The number of phenolic OH excluding ortho intramolecular Hbond substituents is 2. The third-order valence-electron chi connectivity index (χ3n) is 3.81. The summed E-state index contributed by atoms with van der Waals surface area (Å²) in [6.45, 7) is 1.61. The molecular weight excluding hydrogens is 354 g/mol. The van der Waals surface area contributed by atoms with Crippen molar-refractivity contribution in [2.75, 3.05) is 13.1 Å². The van der Waals surface area contributed by atoms with Gasteiger partial charge in [0.1, 0.15) is 0 Å². The van der Waals surface area contributed by atoms with E-state index in [1.165, 1.54) is 0 Å². The molecule has 5 heteroatoms. The number of rotatable bonds is 1. The van der Waals surface area contributed by atoms with Crippen LogP contribution in [0.3, 0.4) is 0 Å². The normalized spacial score (nSPS) is 17.5. The fraction of sp³-hybridized carbons (Fsp3) is 0.250. The van der Waals surface area contributed by atoms with Crippen LogP contribution in [0.5, 0.6) is 11.5 Å². The van der Waals surface area contributed by atoms with Gasteiger partial charge in [-0.2, -0.15) is 0 Å². The Balaban J connectivity index is 0.00000161. The molecule has 1 aliphatic rings. The number of nitrogens with one attached hydrogen (secondary N) is 1. The summed E-state index contributed by atoms with van der Waals surface area (Å²) in [5.41, 5.74) is 3.11. The first-order chi connectivity index (χ1) is 9.66. The Labute approximate surface area is 139 Å². The molecule has 1 heterocycles. The highest BCUT2D eigenvalue weighted by Gasteiger charge is 2.23. The molecule has 0 fully saturated rings. The van der Waals surface area contributed by atoms with Gasteiger partial charge in [0.15, 0.2) is 11.5 Å². The maximum absolute atomic E-state index is 9.80. The van der Waals surface area contributed by atoms with E-state index in [-0.39, 0.29) is 34.4 Å². The van der Waals surface area contributed by atoms with Crippen LogP contribution in [0.4, 0.5) is 0 Å². The van der Waals surface area contributed by atoms with Gasteiger partial charge in [0.05, 0.1) is 0 Å². The van der Waals surface area contributed by atoms with Crippen LogP contribution in [0.1, 0.15) is 22.6 Å². The second kappa shape index (κ2) is 6.69. The van der Waals surface area contributed by atoms with Crippen LogP contribution in [0.2, 0.25) is 5.02 Å². The molecule has 2 aromatic carbocycles. The van der Waals surface area contributed by atoms with Crippen LogP contribution in [-0.2, 0) is 6.42 Å². The third kappa shape index (κ3) is 3.18. The van der Waals surface area contributed by atoms with E-state index in [2.05, 4.69) is 5.32 Å². The van der Waals surface area contributed by atoms with Crippen molar-refractivity contribution in [3.8, 4) is 11.5 Å². The molecule has 3 rings (SSSR count). The van der Waals surface area contributed by atoms with Crippen LogP contribution < -0.4 is 5.32 Å². The molecule has 0 aliphatic carbocycles. The van der Waals surface area contributed by atoms with Crippen LogP contribution in [0, 0.1) is 0 Å². The van der Waals surface area contributed by atoms with Gasteiger partial charge >= 0.3 is 0 Å². The second-order valence-corrected chi connectivity index (χ2v) is 5.48. The predicted octanol–water partition coefficient (Wildman–Crippen LogP) is 3.61. The van der Waals surface area contributed by atoms with Crippen molar-refractivity contribution in [3.05, 3.63) is 58.1 Å². The molecule has 112 valence electrons. The van der Waals surface area contributed by atoms with Crippen molar-refractivity contribution in [1.82, 2.24) is 5.32 Å². The fourth-order valence-electron chi connectivity index (χ4n) is 2.79. The minimum Gasteiger partial charge on any atom is -0.504 e. The highest BCUT2D eigenvalue weighted by atomic mass is 79.9. The summed E-state index contributed by atoms with van der Waals surface area (Å²) in [5.74, 6) is -0.0704. The van der Waals surface area contributed by atoms with E-state index in [0.29, 0.717) is 0 Å². The largest absolute Gasteiger partial charge is 0.504 e. The minimum absolute atomic E-state index is 0. The summed E-state index contributed by atoms with van der Waals surface area (Å²) in [6, 6.07) is 11.1. The summed E-state index contributed by atoms with van der Waals surface area (Å²) in [6.07, 6.45) is 0.824. The summed E-state index contributed by atoms with van der Waals surface area (Å²) in [5, 5.41) is 23.6. The molecule has 21 heavy (non-hydrogen) atoms. The first-order valence-corrected chi connectivity index (χ1v) is 7.04. The zero-order valence-electron chi connectivity index (χ0n) is 11.3. The second-order valence-electron chi connectivity index (χ2n) is 5.07. The number of phenols is 2. The zero-order chi connectivity index (χ0) is 14.1. The van der Waals surface area contributed by atoms with Crippen molar-refractivity contribution in [1.29, 1.82) is 0 Å². The van der Waals surface area contributed by atoms with Crippen LogP contribution in [-0.4, -0.2) is 23.3 Å². The number of halogens is 2. The van der Waals surface area contributed by atoms with Crippen molar-refractivity contribution in [3.63, 3.8) is 0 Å². The molecule has 3 N–H and O–H groups in total. The van der Waals surface area contributed by atoms with E-state index >= 15 is 0 Å². The Bertz CT molecular complexity index is 648. The lowest BCUT2D eigenvalue weighted by Gasteiger charge is -2.20. The standard InChI is InChI=1S/C16H16ClNO2.BrH/c17-14-4-2-1-3-11(14)13-9-18-6-5-10-7-15(19)16(20)8-12(10)13;/h1-4,7-8,13,18-20H,5-6,9H2;1H. The first-order valence-electron chi connectivity index (χ1n) is 6.66. The number of fused-ring (bicyclic) bond motifs is 1. The van der Waals surface area contributed by atoms with E-state index in [4.69, 9.17) is 11.6 Å². The van der Waals surface area contributed by atoms with Crippen molar-refractivity contribution < 1.29 is 10.2 Å². The van der Waals surface area contributed by atoms with Gasteiger partial charge in [-0.15, -0.1) is 17.0 Å². The predicted molar refractivity (Wildman–Crippen MR) is 90.0 cm³/mol. The highest BCUT2D eigenvalue weighted by Crippen LogP contribution is 2.38. The Kier molecular flexibility index (Phi) is 5.14. The minimum atomic E-state index is -0.0808. The van der Waals surface area contributed by atoms with Gasteiger partial charge in [-0.3, -0.25) is 0 Å². The lowest BCUT2D eigenvalue weighted by Crippen LogP contribution is -2.21. The Morgan fingerprint density at radius 3 is 2.52 bits per heavy atom. The van der Waals surface area contributed by atoms with E-state index < -0.39 is 0 Å². The monoisotopic (exact) mass is 369 g/mol. The molecule has 3 nitrogen and oxygen atoms in total. The van der Waals surface area contributed by atoms with Gasteiger partial charge in [-0.1, -0.05) is 29.8 Å². The molecule has 1 aliphatic heterocycles. The molecule has 0 saturated heterocycles. The fourth-order valence-corrected chi connectivity index (χ4v) is 3.06. The summed E-state index contributed by atoms with van der Waals surface area (Å²) in [4.78, 5) is 0. The summed E-state index contributed by atoms with van der Waals surface area (Å²) < 4.78 is 0. The third-order valence-corrected chi connectivity index (χ3v) is 4.16. The Morgan fingerprint density at radius 2 is 1.76 bits per heavy atom. The number of hydrogen-bond acceptors (Lipinski definition) is 3. The smallest absolute Gasteiger partial charge is 0.157 e. The lowest BCUT2D eigenvalue weighted by atomic mass is 9.87. The highest BCUT2D eigenvalue weighted by molar-refractivity contribution is 8.93. The van der Waals surface area contributed by atoms with Gasteiger partial charge in [0, 0.05) is 17.5 Å². The first kappa shape index (κ1) is 16.1. The molecule has 0 radical (unpaired) electrons. The molecule has 0 spiro atoms. The maximum Gasteiger partial charge on any atom is 0.157 e. The van der Waals surface area contributed by atoms with Crippen molar-refractivity contribution in [2.45, 2.75) is 12.3 Å². The van der Waals surface area contributed by atoms with E-state index in [0.717, 1.165) is 41.2 Å². The molecule has 0 aromatic heterocycles. The van der Waals surface area contributed by atoms with Gasteiger partial charge in [0.25, 0.3) is 0 Å². The summed E-state index contributed by atoms with van der Waals surface area (Å²) >= 11 is 6.31. The van der Waals surface area contributed by atoms with Crippen LogP contribution in [0.15, 0.2) is 36.4 Å². The molecule has 1 unspecified atom stereocenters. The average Bonchev–Trinajstić information content (AvgIpc) is 2.63. The van der Waals surface area contributed by atoms with Gasteiger partial charge in [-0.25, -0.2) is 0 Å². The van der Waals surface area contributed by atoms with Gasteiger partial charge < -0.3 is 15.5 Å². The van der Waals surface area contributed by atoms with Gasteiger partial charge in [0.2, 0.25) is 0 Å². The SMILES string of the molecule is Br.Oc1cc2c(cc1O)C(c1ccccc1Cl)CNCC2. The number of aromatic hydroxyl groups is 2. The Hall–Kier alpha value is -1.23. The molecular formula is C16H17BrClNO2. The van der Waals surface area contributed by atoms with Gasteiger partial charge in [-0.05, 0) is 47.9 Å². The lowest BCUT2D eigenvalue weighted by molar-refractivity contribution is 0.402.